The number of ether oxygens (including phenoxy) is 11. The van der Waals surface area contributed by atoms with E-state index in [1.807, 2.05) is 97.9 Å². The van der Waals surface area contributed by atoms with Crippen LogP contribution in [0.1, 0.15) is 51.3 Å². The van der Waals surface area contributed by atoms with Gasteiger partial charge in [-0.15, -0.1) is 0 Å². The van der Waals surface area contributed by atoms with E-state index < -0.39 is 104 Å². The van der Waals surface area contributed by atoms with Crippen molar-refractivity contribution in [2.75, 3.05) is 13.7 Å². The van der Waals surface area contributed by atoms with Crippen molar-refractivity contribution in [3.05, 3.63) is 108 Å². The van der Waals surface area contributed by atoms with E-state index in [0.717, 1.165) is 16.7 Å². The molecule has 60 heavy (non-hydrogen) atoms. The number of rotatable bonds is 15. The lowest BCUT2D eigenvalue weighted by atomic mass is 9.93. The highest BCUT2D eigenvalue weighted by atomic mass is 16.8. The predicted octanol–water partition coefficient (Wildman–Crippen LogP) is 3.75. The molecule has 3 aromatic rings. The smallest absolute Gasteiger partial charge is 0.217 e. The lowest BCUT2D eigenvalue weighted by molar-refractivity contribution is -0.407. The Hall–Kier alpha value is -3.39. The zero-order chi connectivity index (χ0) is 42.4. The summed E-state index contributed by atoms with van der Waals surface area (Å²) < 4.78 is 70.5. The number of amides is 1. The van der Waals surface area contributed by atoms with Crippen molar-refractivity contribution in [1.29, 1.82) is 0 Å². The number of hydrogen-bond donors (Lipinski definition) is 3. The van der Waals surface area contributed by atoms with Gasteiger partial charge < -0.3 is 67.6 Å². The molecule has 4 aliphatic heterocycles. The molecule has 3 aromatic carbocycles. The SMILES string of the molecule is CO[C@@H]1O[C@@H](C)[C@H](OCc2ccccc2)[C@@H](OCc2ccccc2)[C@H]1O[C@@H]1O[C@@H]2COC(C)(C)O[C@H]2[C@H](O[C@@H]2O[C@@H](C)[C@H](OCc3ccccc3)[C@@H](O)[C@H]2O)[C@H]1NC(C)=O. The number of benzene rings is 3. The molecule has 4 aliphatic rings. The Bertz CT molecular complexity index is 1770. The molecule has 4 fully saturated rings. The second-order valence-corrected chi connectivity index (χ2v) is 16.2. The first-order valence-electron chi connectivity index (χ1n) is 20.6. The van der Waals surface area contributed by atoms with Gasteiger partial charge in [0.1, 0.15) is 61.0 Å². The highest BCUT2D eigenvalue weighted by molar-refractivity contribution is 5.73. The Labute approximate surface area is 351 Å². The highest BCUT2D eigenvalue weighted by Gasteiger charge is 2.57. The quantitative estimate of drug-likeness (QED) is 0.202. The standard InChI is InChI=1S/C45H59NO14/c1-26-36(51-22-29-16-10-7-11-17-29)34(48)35(49)43(55-26)58-39-33(46-28(3)47)42(57-32-25-54-45(4,5)60-38(32)39)59-41-40(53-24-31-20-14-9-15-21-31)37(27(2)56-44(41)50-6)52-23-30-18-12-8-13-19-30/h7-21,26-27,32-44,48-49H,22-25H2,1-6H3,(H,46,47)/t26-,27-,32+,33+,34-,35+,36-,37-,38+,39+,40+,41+,42-,43-,44+/m0/s1. The summed E-state index contributed by atoms with van der Waals surface area (Å²) in [5, 5.41) is 25.9. The fourth-order valence-electron chi connectivity index (χ4n) is 8.18. The summed E-state index contributed by atoms with van der Waals surface area (Å²) >= 11 is 0. The van der Waals surface area contributed by atoms with Crippen molar-refractivity contribution in [2.24, 2.45) is 0 Å². The molecule has 0 spiro atoms. The fraction of sp³-hybridized carbons (Fsp3) is 0.578. The maximum atomic E-state index is 13.1. The molecule has 4 heterocycles. The molecule has 0 saturated carbocycles. The van der Waals surface area contributed by atoms with Gasteiger partial charge in [-0.05, 0) is 44.4 Å². The van der Waals surface area contributed by atoms with Crippen LogP contribution >= 0.6 is 0 Å². The predicted molar refractivity (Wildman–Crippen MR) is 214 cm³/mol. The van der Waals surface area contributed by atoms with Crippen LogP contribution in [0.3, 0.4) is 0 Å². The maximum Gasteiger partial charge on any atom is 0.217 e. The number of carbonyl (C=O) groups is 1. The van der Waals surface area contributed by atoms with Gasteiger partial charge >= 0.3 is 0 Å². The lowest BCUT2D eigenvalue weighted by Crippen LogP contribution is -2.72. The molecule has 15 atom stereocenters. The molecule has 3 N–H and O–H groups in total. The molecule has 328 valence electrons. The zero-order valence-electron chi connectivity index (χ0n) is 34.9. The zero-order valence-corrected chi connectivity index (χ0v) is 34.9. The van der Waals surface area contributed by atoms with E-state index >= 15 is 0 Å². The van der Waals surface area contributed by atoms with Crippen molar-refractivity contribution >= 4 is 5.91 Å². The molecular weight excluding hydrogens is 778 g/mol. The molecule has 1 amide bonds. The Morgan fingerprint density at radius 3 is 1.72 bits per heavy atom. The minimum absolute atomic E-state index is 0.0787. The number of methoxy groups -OCH3 is 1. The Morgan fingerprint density at radius 1 is 0.667 bits per heavy atom. The molecule has 0 bridgehead atoms. The van der Waals surface area contributed by atoms with E-state index in [-0.39, 0.29) is 26.4 Å². The molecular formula is C45H59NO14. The number of aliphatic hydroxyl groups excluding tert-OH is 2. The lowest BCUT2D eigenvalue weighted by Gasteiger charge is -2.53. The van der Waals surface area contributed by atoms with Crippen LogP contribution in [0.5, 0.6) is 0 Å². The number of carbonyl (C=O) groups excluding carboxylic acids is 1. The number of hydrogen-bond acceptors (Lipinski definition) is 14. The van der Waals surface area contributed by atoms with Crippen molar-refractivity contribution in [1.82, 2.24) is 5.32 Å². The first-order chi connectivity index (χ1) is 28.9. The topological polar surface area (TPSA) is 171 Å². The maximum absolute atomic E-state index is 13.1. The average Bonchev–Trinajstić information content (AvgIpc) is 3.24. The molecule has 15 nitrogen and oxygen atoms in total. The Balaban J connectivity index is 1.17. The molecule has 15 heteroatoms. The molecule has 0 aromatic heterocycles. The molecule has 0 aliphatic carbocycles. The molecule has 4 saturated heterocycles. The van der Waals surface area contributed by atoms with Crippen LogP contribution in [0.4, 0.5) is 0 Å². The van der Waals surface area contributed by atoms with Crippen LogP contribution < -0.4 is 5.32 Å². The summed E-state index contributed by atoms with van der Waals surface area (Å²) in [5.74, 6) is -1.48. The van der Waals surface area contributed by atoms with E-state index in [9.17, 15) is 15.0 Å². The van der Waals surface area contributed by atoms with Gasteiger partial charge in [0.25, 0.3) is 0 Å². The van der Waals surface area contributed by atoms with Gasteiger partial charge in [-0.2, -0.15) is 0 Å². The average molecular weight is 838 g/mol. The van der Waals surface area contributed by atoms with Gasteiger partial charge in [-0.1, -0.05) is 91.0 Å². The van der Waals surface area contributed by atoms with Gasteiger partial charge in [-0.3, -0.25) is 4.79 Å². The van der Waals surface area contributed by atoms with Crippen molar-refractivity contribution in [3.63, 3.8) is 0 Å². The normalized spacial score (nSPS) is 36.6. The molecule has 0 unspecified atom stereocenters. The van der Waals surface area contributed by atoms with Crippen LogP contribution in [0.25, 0.3) is 0 Å². The first kappa shape index (κ1) is 44.7. The van der Waals surface area contributed by atoms with Gasteiger partial charge in [0.2, 0.25) is 5.91 Å². The molecule has 7 rings (SSSR count). The van der Waals surface area contributed by atoms with Crippen LogP contribution in [0.2, 0.25) is 0 Å². The fourth-order valence-corrected chi connectivity index (χ4v) is 8.18. The van der Waals surface area contributed by atoms with E-state index in [0.29, 0.717) is 0 Å². The second-order valence-electron chi connectivity index (χ2n) is 16.2. The third-order valence-corrected chi connectivity index (χ3v) is 11.2. The Morgan fingerprint density at radius 2 is 1.17 bits per heavy atom. The van der Waals surface area contributed by atoms with Gasteiger partial charge in [0.05, 0.1) is 38.6 Å². The van der Waals surface area contributed by atoms with Crippen molar-refractivity contribution in [3.8, 4) is 0 Å². The summed E-state index contributed by atoms with van der Waals surface area (Å²) in [7, 11) is 1.51. The van der Waals surface area contributed by atoms with Crippen LogP contribution in [-0.2, 0) is 76.7 Å². The largest absolute Gasteiger partial charge is 0.387 e. The summed E-state index contributed by atoms with van der Waals surface area (Å²) in [6.07, 6.45) is -13.6. The first-order valence-corrected chi connectivity index (χ1v) is 20.6. The van der Waals surface area contributed by atoms with E-state index in [2.05, 4.69) is 5.32 Å². The van der Waals surface area contributed by atoms with Crippen LogP contribution in [-0.4, -0.2) is 128 Å². The Kier molecular flexibility index (Phi) is 15.0. The minimum atomic E-state index is -1.54. The second kappa shape index (κ2) is 20.2. The van der Waals surface area contributed by atoms with E-state index in [1.54, 1.807) is 20.8 Å². The molecule has 0 radical (unpaired) electrons. The summed E-state index contributed by atoms with van der Waals surface area (Å²) in [6, 6.07) is 28.0. The van der Waals surface area contributed by atoms with Crippen molar-refractivity contribution < 1.29 is 67.1 Å². The summed E-state index contributed by atoms with van der Waals surface area (Å²) in [5.41, 5.74) is 2.80. The van der Waals surface area contributed by atoms with Crippen molar-refractivity contribution in [2.45, 2.75) is 152 Å². The summed E-state index contributed by atoms with van der Waals surface area (Å²) in [4.78, 5) is 13.1. The van der Waals surface area contributed by atoms with Gasteiger partial charge in [0.15, 0.2) is 24.7 Å². The number of nitrogens with one attached hydrogen (secondary N) is 1. The van der Waals surface area contributed by atoms with E-state index in [4.69, 9.17) is 52.1 Å². The van der Waals surface area contributed by atoms with Crippen LogP contribution in [0.15, 0.2) is 91.0 Å². The third kappa shape index (κ3) is 10.8. The third-order valence-electron chi connectivity index (χ3n) is 11.2. The van der Waals surface area contributed by atoms with E-state index in [1.165, 1.54) is 14.0 Å². The monoisotopic (exact) mass is 837 g/mol. The van der Waals surface area contributed by atoms with Gasteiger partial charge in [-0.25, -0.2) is 0 Å². The van der Waals surface area contributed by atoms with Crippen LogP contribution in [0, 0.1) is 0 Å². The number of fused-ring (bicyclic) bond motifs is 1. The summed E-state index contributed by atoms with van der Waals surface area (Å²) in [6.45, 7) is 9.29. The highest BCUT2D eigenvalue weighted by Crippen LogP contribution is 2.39. The minimum Gasteiger partial charge on any atom is -0.387 e. The number of aliphatic hydroxyl groups is 2. The van der Waals surface area contributed by atoms with Gasteiger partial charge in [0, 0.05) is 14.0 Å².